The Morgan fingerprint density at radius 3 is 2.64 bits per heavy atom. The van der Waals surface area contributed by atoms with Crippen LogP contribution in [0.2, 0.25) is 0 Å². The van der Waals surface area contributed by atoms with Gasteiger partial charge in [0.1, 0.15) is 5.82 Å². The minimum absolute atomic E-state index is 0.0802. The Morgan fingerprint density at radius 2 is 1.95 bits per heavy atom. The second kappa shape index (κ2) is 8.89. The molecule has 1 aromatic rings. The Morgan fingerprint density at radius 1 is 1.27 bits per heavy atom. The molecule has 3 nitrogen and oxygen atoms in total. The average Bonchev–Trinajstić information content (AvgIpc) is 2.53. The first kappa shape index (κ1) is 16.9. The summed E-state index contributed by atoms with van der Waals surface area (Å²) in [6.07, 6.45) is 4.73. The van der Waals surface area contributed by atoms with Gasteiger partial charge in [-0.3, -0.25) is 4.79 Å². The van der Waals surface area contributed by atoms with Crippen LogP contribution in [0.25, 0.3) is 0 Å². The van der Waals surface area contributed by atoms with E-state index in [1.165, 1.54) is 38.1 Å². The molecule has 0 bridgehead atoms. The second-order valence-electron chi connectivity index (χ2n) is 6.35. The Hall–Kier alpha value is -1.42. The van der Waals surface area contributed by atoms with Crippen molar-refractivity contribution in [3.05, 3.63) is 35.6 Å². The molecule has 1 aliphatic heterocycles. The van der Waals surface area contributed by atoms with Gasteiger partial charge in [0.25, 0.3) is 0 Å². The van der Waals surface area contributed by atoms with E-state index in [9.17, 15) is 9.18 Å². The van der Waals surface area contributed by atoms with Gasteiger partial charge in [0.2, 0.25) is 5.91 Å². The number of likely N-dealkylation sites (tertiary alicyclic amines) is 1. The number of aryl methyl sites for hydroxylation is 1. The Labute approximate surface area is 132 Å². The number of hydrogen-bond donors (Lipinski definition) is 1. The molecule has 1 heterocycles. The molecular formula is C18H27FN2O. The third-order valence-corrected chi connectivity index (χ3v) is 4.40. The summed E-state index contributed by atoms with van der Waals surface area (Å²) in [7, 11) is 0. The van der Waals surface area contributed by atoms with Crippen molar-refractivity contribution >= 4 is 5.91 Å². The highest BCUT2D eigenvalue weighted by Crippen LogP contribution is 2.15. The molecule has 0 atom stereocenters. The summed E-state index contributed by atoms with van der Waals surface area (Å²) >= 11 is 0. The van der Waals surface area contributed by atoms with Gasteiger partial charge >= 0.3 is 0 Å². The van der Waals surface area contributed by atoms with Gasteiger partial charge < -0.3 is 10.2 Å². The van der Waals surface area contributed by atoms with E-state index in [2.05, 4.69) is 17.1 Å². The molecule has 1 amide bonds. The predicted octanol–water partition coefficient (Wildman–Crippen LogP) is 3.00. The maximum Gasteiger partial charge on any atom is 0.220 e. The first-order chi connectivity index (χ1) is 10.6. The molecule has 4 heteroatoms. The summed E-state index contributed by atoms with van der Waals surface area (Å²) in [6.45, 7) is 6.53. The van der Waals surface area contributed by atoms with Gasteiger partial charge in [0.15, 0.2) is 0 Å². The number of carbonyl (C=O) groups is 1. The number of hydrogen-bond acceptors (Lipinski definition) is 2. The number of nitrogens with zero attached hydrogens (tertiary/aromatic N) is 1. The van der Waals surface area contributed by atoms with E-state index in [0.717, 1.165) is 31.0 Å². The van der Waals surface area contributed by atoms with Crippen molar-refractivity contribution in [2.24, 2.45) is 5.92 Å². The quantitative estimate of drug-likeness (QED) is 0.786. The van der Waals surface area contributed by atoms with Crippen LogP contribution in [0.3, 0.4) is 0 Å². The third-order valence-electron chi connectivity index (χ3n) is 4.40. The van der Waals surface area contributed by atoms with Crippen molar-refractivity contribution in [3.8, 4) is 0 Å². The SMILES string of the molecule is CC1CCN(CCCNC(=O)CCc2ccc(F)cc2)CC1. The summed E-state index contributed by atoms with van der Waals surface area (Å²) < 4.78 is 12.8. The lowest BCUT2D eigenvalue weighted by Gasteiger charge is -2.30. The number of halogens is 1. The van der Waals surface area contributed by atoms with Crippen LogP contribution in [0, 0.1) is 11.7 Å². The number of benzene rings is 1. The lowest BCUT2D eigenvalue weighted by molar-refractivity contribution is -0.121. The molecule has 0 radical (unpaired) electrons. The van der Waals surface area contributed by atoms with E-state index in [-0.39, 0.29) is 11.7 Å². The van der Waals surface area contributed by atoms with Crippen LogP contribution in [0.1, 0.15) is 38.2 Å². The number of nitrogens with one attached hydrogen (secondary N) is 1. The molecule has 1 fully saturated rings. The zero-order chi connectivity index (χ0) is 15.8. The van der Waals surface area contributed by atoms with Gasteiger partial charge in [0.05, 0.1) is 0 Å². The zero-order valence-corrected chi connectivity index (χ0v) is 13.5. The molecule has 22 heavy (non-hydrogen) atoms. The van der Waals surface area contributed by atoms with Crippen LogP contribution < -0.4 is 5.32 Å². The fourth-order valence-corrected chi connectivity index (χ4v) is 2.81. The maximum atomic E-state index is 12.8. The fraction of sp³-hybridized carbons (Fsp3) is 0.611. The highest BCUT2D eigenvalue weighted by Gasteiger charge is 2.14. The second-order valence-corrected chi connectivity index (χ2v) is 6.35. The van der Waals surface area contributed by atoms with Gasteiger partial charge in [0, 0.05) is 13.0 Å². The number of rotatable bonds is 7. The van der Waals surface area contributed by atoms with Crippen molar-refractivity contribution < 1.29 is 9.18 Å². The lowest BCUT2D eigenvalue weighted by atomic mass is 9.99. The minimum atomic E-state index is -0.236. The molecule has 2 rings (SSSR count). The molecule has 122 valence electrons. The summed E-state index contributed by atoms with van der Waals surface area (Å²) in [4.78, 5) is 14.3. The monoisotopic (exact) mass is 306 g/mol. The van der Waals surface area contributed by atoms with Crippen LogP contribution in [0.15, 0.2) is 24.3 Å². The molecule has 1 aromatic carbocycles. The summed E-state index contributed by atoms with van der Waals surface area (Å²) in [5, 5.41) is 2.97. The largest absolute Gasteiger partial charge is 0.356 e. The van der Waals surface area contributed by atoms with E-state index >= 15 is 0 Å². The van der Waals surface area contributed by atoms with Crippen LogP contribution in [0.4, 0.5) is 4.39 Å². The average molecular weight is 306 g/mol. The van der Waals surface area contributed by atoms with E-state index in [0.29, 0.717) is 12.8 Å². The van der Waals surface area contributed by atoms with Crippen molar-refractivity contribution in [2.45, 2.75) is 39.0 Å². The van der Waals surface area contributed by atoms with E-state index in [4.69, 9.17) is 0 Å². The maximum absolute atomic E-state index is 12.8. The summed E-state index contributed by atoms with van der Waals surface area (Å²) in [5.41, 5.74) is 0.999. The smallest absolute Gasteiger partial charge is 0.220 e. The Balaban J connectivity index is 1.53. The van der Waals surface area contributed by atoms with Gasteiger partial charge in [-0.2, -0.15) is 0 Å². The molecular weight excluding hydrogens is 279 g/mol. The molecule has 0 unspecified atom stereocenters. The van der Waals surface area contributed by atoms with Crippen LogP contribution in [-0.2, 0) is 11.2 Å². The Bertz CT molecular complexity index is 453. The van der Waals surface area contributed by atoms with Crippen molar-refractivity contribution in [1.82, 2.24) is 10.2 Å². The molecule has 0 spiro atoms. The van der Waals surface area contributed by atoms with Gasteiger partial charge in [-0.25, -0.2) is 4.39 Å². The number of piperidine rings is 1. The predicted molar refractivity (Wildman–Crippen MR) is 87.2 cm³/mol. The van der Waals surface area contributed by atoms with Gasteiger partial charge in [-0.15, -0.1) is 0 Å². The van der Waals surface area contributed by atoms with Gasteiger partial charge in [-0.05, 0) is 68.9 Å². The number of amides is 1. The molecule has 0 saturated carbocycles. The minimum Gasteiger partial charge on any atom is -0.356 e. The fourth-order valence-electron chi connectivity index (χ4n) is 2.81. The van der Waals surface area contributed by atoms with Crippen LogP contribution in [-0.4, -0.2) is 37.0 Å². The summed E-state index contributed by atoms with van der Waals surface area (Å²) in [5.74, 6) is 0.708. The zero-order valence-electron chi connectivity index (χ0n) is 13.5. The number of carbonyl (C=O) groups excluding carboxylic acids is 1. The molecule has 1 aliphatic rings. The molecule has 1 N–H and O–H groups in total. The lowest BCUT2D eigenvalue weighted by Crippen LogP contribution is -2.35. The van der Waals surface area contributed by atoms with Gasteiger partial charge in [-0.1, -0.05) is 19.1 Å². The van der Waals surface area contributed by atoms with E-state index in [1.807, 2.05) is 0 Å². The molecule has 1 saturated heterocycles. The Kier molecular flexibility index (Phi) is 6.84. The molecule has 0 aliphatic carbocycles. The highest BCUT2D eigenvalue weighted by molar-refractivity contribution is 5.76. The third kappa shape index (κ3) is 6.14. The van der Waals surface area contributed by atoms with Crippen molar-refractivity contribution in [3.63, 3.8) is 0 Å². The van der Waals surface area contributed by atoms with Crippen LogP contribution in [0.5, 0.6) is 0 Å². The molecule has 0 aromatic heterocycles. The topological polar surface area (TPSA) is 32.3 Å². The van der Waals surface area contributed by atoms with Crippen molar-refractivity contribution in [1.29, 1.82) is 0 Å². The van der Waals surface area contributed by atoms with E-state index in [1.54, 1.807) is 12.1 Å². The summed E-state index contributed by atoms with van der Waals surface area (Å²) in [6, 6.07) is 6.35. The highest BCUT2D eigenvalue weighted by atomic mass is 19.1. The first-order valence-electron chi connectivity index (χ1n) is 8.37. The van der Waals surface area contributed by atoms with Crippen LogP contribution >= 0.6 is 0 Å². The standard InChI is InChI=1S/C18H27FN2O/c1-15-9-13-21(14-10-15)12-2-11-20-18(22)8-5-16-3-6-17(19)7-4-16/h3-4,6-7,15H,2,5,8-14H2,1H3,(H,20,22). The first-order valence-corrected chi connectivity index (χ1v) is 8.37. The normalized spacial score (nSPS) is 16.6. The van der Waals surface area contributed by atoms with Crippen molar-refractivity contribution in [2.75, 3.05) is 26.2 Å². The van der Waals surface area contributed by atoms with E-state index < -0.39 is 0 Å².